The number of halogens is 1. The molecule has 1 saturated heterocycles. The number of hydrogen-bond acceptors (Lipinski definition) is 4. The van der Waals surface area contributed by atoms with E-state index in [1.54, 1.807) is 36.4 Å². The van der Waals surface area contributed by atoms with Gasteiger partial charge in [0.15, 0.2) is 0 Å². The Kier molecular flexibility index (Phi) is 7.16. The molecule has 0 unspecified atom stereocenters. The predicted octanol–water partition coefficient (Wildman–Crippen LogP) is 4.59. The van der Waals surface area contributed by atoms with Crippen LogP contribution in [0, 0.1) is 0 Å². The summed E-state index contributed by atoms with van der Waals surface area (Å²) in [7, 11) is -3.57. The number of carbonyl (C=O) groups is 1. The molecule has 1 aliphatic heterocycles. The van der Waals surface area contributed by atoms with Gasteiger partial charge in [-0.15, -0.1) is 0 Å². The van der Waals surface area contributed by atoms with Crippen LogP contribution in [0.15, 0.2) is 47.4 Å². The molecule has 29 heavy (non-hydrogen) atoms. The molecule has 0 atom stereocenters. The summed E-state index contributed by atoms with van der Waals surface area (Å²) in [6, 6.07) is 11.4. The second kappa shape index (κ2) is 9.61. The first-order chi connectivity index (χ1) is 13.9. The zero-order valence-electron chi connectivity index (χ0n) is 16.4. The minimum absolute atomic E-state index is 0.187. The smallest absolute Gasteiger partial charge is 0.255 e. The van der Waals surface area contributed by atoms with Crippen molar-refractivity contribution >= 4 is 38.9 Å². The Hall–Kier alpha value is -2.09. The van der Waals surface area contributed by atoms with Gasteiger partial charge in [-0.3, -0.25) is 4.79 Å². The Labute approximate surface area is 177 Å². The standard InChI is InChI=1S/C21H26ClN3O3S/c1-2-3-12-23-19-11-10-18(29(27,28)25-13-4-5-14-25)15-20(19)24-21(26)16-6-8-17(22)9-7-16/h6-11,15,23H,2-5,12-14H2,1H3,(H,24,26). The quantitative estimate of drug-likeness (QED) is 0.594. The van der Waals surface area contributed by atoms with Crippen LogP contribution in [0.3, 0.4) is 0 Å². The highest BCUT2D eigenvalue weighted by Crippen LogP contribution is 2.29. The summed E-state index contributed by atoms with van der Waals surface area (Å²) in [6.45, 7) is 3.89. The van der Waals surface area contributed by atoms with Crippen LogP contribution in [-0.2, 0) is 10.0 Å². The molecule has 2 aromatic rings. The molecule has 1 aliphatic rings. The van der Waals surface area contributed by atoms with Gasteiger partial charge in [-0.1, -0.05) is 24.9 Å². The number of unbranched alkanes of at least 4 members (excludes halogenated alkanes) is 1. The zero-order chi connectivity index (χ0) is 20.9. The van der Waals surface area contributed by atoms with E-state index in [4.69, 9.17) is 11.6 Å². The van der Waals surface area contributed by atoms with E-state index in [2.05, 4.69) is 17.6 Å². The molecular formula is C21H26ClN3O3S. The summed E-state index contributed by atoms with van der Waals surface area (Å²) in [5.41, 5.74) is 1.59. The van der Waals surface area contributed by atoms with Crippen molar-refractivity contribution in [2.75, 3.05) is 30.3 Å². The first kappa shape index (κ1) is 21.6. The van der Waals surface area contributed by atoms with Crippen LogP contribution in [0.25, 0.3) is 0 Å². The normalized spacial score (nSPS) is 14.7. The molecule has 3 rings (SSSR count). The molecular weight excluding hydrogens is 410 g/mol. The van der Waals surface area contributed by atoms with Crippen molar-refractivity contribution < 1.29 is 13.2 Å². The topological polar surface area (TPSA) is 78.5 Å². The number of rotatable bonds is 8. The second-order valence-corrected chi connectivity index (χ2v) is 9.43. The van der Waals surface area contributed by atoms with Gasteiger partial charge in [-0.2, -0.15) is 4.31 Å². The van der Waals surface area contributed by atoms with E-state index >= 15 is 0 Å². The van der Waals surface area contributed by atoms with Gasteiger partial charge in [0.1, 0.15) is 0 Å². The van der Waals surface area contributed by atoms with Crippen LogP contribution in [0.2, 0.25) is 5.02 Å². The fourth-order valence-electron chi connectivity index (χ4n) is 3.21. The van der Waals surface area contributed by atoms with Gasteiger partial charge in [0, 0.05) is 30.2 Å². The summed E-state index contributed by atoms with van der Waals surface area (Å²) >= 11 is 5.89. The molecule has 1 fully saturated rings. The van der Waals surface area contributed by atoms with Crippen LogP contribution < -0.4 is 10.6 Å². The molecule has 0 radical (unpaired) electrons. The van der Waals surface area contributed by atoms with Crippen molar-refractivity contribution in [2.24, 2.45) is 0 Å². The molecule has 1 heterocycles. The lowest BCUT2D eigenvalue weighted by Gasteiger charge is -2.18. The molecule has 0 aliphatic carbocycles. The molecule has 1 amide bonds. The highest BCUT2D eigenvalue weighted by Gasteiger charge is 2.28. The Morgan fingerprint density at radius 3 is 2.41 bits per heavy atom. The zero-order valence-corrected chi connectivity index (χ0v) is 18.0. The van der Waals surface area contributed by atoms with Gasteiger partial charge in [-0.25, -0.2) is 8.42 Å². The summed E-state index contributed by atoms with van der Waals surface area (Å²) in [6.07, 6.45) is 3.74. The molecule has 2 N–H and O–H groups in total. The lowest BCUT2D eigenvalue weighted by molar-refractivity contribution is 0.102. The summed E-state index contributed by atoms with van der Waals surface area (Å²) in [5.74, 6) is -0.323. The largest absolute Gasteiger partial charge is 0.383 e. The lowest BCUT2D eigenvalue weighted by Crippen LogP contribution is -2.28. The van der Waals surface area contributed by atoms with E-state index in [1.165, 1.54) is 10.4 Å². The molecule has 0 spiro atoms. The van der Waals surface area contributed by atoms with E-state index in [0.29, 0.717) is 35.1 Å². The molecule has 2 aromatic carbocycles. The van der Waals surface area contributed by atoms with Crippen molar-refractivity contribution in [3.8, 4) is 0 Å². The number of anilines is 2. The maximum absolute atomic E-state index is 12.9. The predicted molar refractivity (Wildman–Crippen MR) is 117 cm³/mol. The van der Waals surface area contributed by atoms with E-state index < -0.39 is 10.0 Å². The number of benzene rings is 2. The van der Waals surface area contributed by atoms with Gasteiger partial charge in [0.05, 0.1) is 16.3 Å². The molecule has 8 heteroatoms. The Balaban J connectivity index is 1.90. The first-order valence-corrected chi connectivity index (χ1v) is 11.7. The minimum Gasteiger partial charge on any atom is -0.383 e. The third-order valence-corrected chi connectivity index (χ3v) is 7.04. The Morgan fingerprint density at radius 1 is 1.07 bits per heavy atom. The number of sulfonamides is 1. The number of hydrogen-bond donors (Lipinski definition) is 2. The molecule has 0 saturated carbocycles. The number of nitrogens with zero attached hydrogens (tertiary/aromatic N) is 1. The second-order valence-electron chi connectivity index (χ2n) is 7.06. The van der Waals surface area contributed by atoms with Gasteiger partial charge >= 0.3 is 0 Å². The van der Waals surface area contributed by atoms with Crippen molar-refractivity contribution in [1.29, 1.82) is 0 Å². The lowest BCUT2D eigenvalue weighted by atomic mass is 10.2. The molecule has 0 bridgehead atoms. The average Bonchev–Trinajstić information content (AvgIpc) is 3.25. The summed E-state index contributed by atoms with van der Waals surface area (Å²) in [5, 5.41) is 6.68. The number of carbonyl (C=O) groups excluding carboxylic acids is 1. The van der Waals surface area contributed by atoms with Gasteiger partial charge < -0.3 is 10.6 Å². The fraction of sp³-hybridized carbons (Fsp3) is 0.381. The summed E-state index contributed by atoms with van der Waals surface area (Å²) < 4.78 is 27.4. The SMILES string of the molecule is CCCCNc1ccc(S(=O)(=O)N2CCCC2)cc1NC(=O)c1ccc(Cl)cc1. The van der Waals surface area contributed by atoms with Crippen molar-refractivity contribution in [1.82, 2.24) is 4.31 Å². The molecule has 0 aromatic heterocycles. The highest BCUT2D eigenvalue weighted by molar-refractivity contribution is 7.89. The third-order valence-electron chi connectivity index (χ3n) is 4.89. The monoisotopic (exact) mass is 435 g/mol. The number of amides is 1. The number of nitrogens with one attached hydrogen (secondary N) is 2. The van der Waals surface area contributed by atoms with E-state index in [0.717, 1.165) is 32.2 Å². The van der Waals surface area contributed by atoms with Crippen LogP contribution >= 0.6 is 11.6 Å². The third kappa shape index (κ3) is 5.29. The highest BCUT2D eigenvalue weighted by atomic mass is 35.5. The maximum Gasteiger partial charge on any atom is 0.255 e. The first-order valence-electron chi connectivity index (χ1n) is 9.87. The van der Waals surface area contributed by atoms with Crippen LogP contribution in [0.1, 0.15) is 43.0 Å². The van der Waals surface area contributed by atoms with Crippen molar-refractivity contribution in [3.05, 3.63) is 53.1 Å². The van der Waals surface area contributed by atoms with Gasteiger partial charge in [0.2, 0.25) is 10.0 Å². The van der Waals surface area contributed by atoms with E-state index in [9.17, 15) is 13.2 Å². The van der Waals surface area contributed by atoms with Crippen LogP contribution in [-0.4, -0.2) is 38.3 Å². The van der Waals surface area contributed by atoms with E-state index in [-0.39, 0.29) is 10.8 Å². The van der Waals surface area contributed by atoms with Crippen LogP contribution in [0.5, 0.6) is 0 Å². The maximum atomic E-state index is 12.9. The average molecular weight is 436 g/mol. The summed E-state index contributed by atoms with van der Waals surface area (Å²) in [4.78, 5) is 12.9. The fourth-order valence-corrected chi connectivity index (χ4v) is 4.88. The Morgan fingerprint density at radius 2 is 1.76 bits per heavy atom. The molecule has 156 valence electrons. The minimum atomic E-state index is -3.57. The van der Waals surface area contributed by atoms with Crippen LogP contribution in [0.4, 0.5) is 11.4 Å². The van der Waals surface area contributed by atoms with Crippen molar-refractivity contribution in [3.63, 3.8) is 0 Å². The molecule has 6 nitrogen and oxygen atoms in total. The Bertz CT molecular complexity index is 956. The van der Waals surface area contributed by atoms with Crippen molar-refractivity contribution in [2.45, 2.75) is 37.5 Å². The van der Waals surface area contributed by atoms with Gasteiger partial charge in [-0.05, 0) is 61.7 Å². The van der Waals surface area contributed by atoms with Gasteiger partial charge in [0.25, 0.3) is 5.91 Å². The van der Waals surface area contributed by atoms with E-state index in [1.807, 2.05) is 0 Å².